The summed E-state index contributed by atoms with van der Waals surface area (Å²) in [5, 5.41) is 0. The monoisotopic (exact) mass is 205 g/mol. The fourth-order valence-corrected chi connectivity index (χ4v) is 1.80. The highest BCUT2D eigenvalue weighted by molar-refractivity contribution is 5.39. The van der Waals surface area contributed by atoms with E-state index in [1.54, 1.807) is 0 Å². The number of aryl methyl sites for hydroxylation is 1. The van der Waals surface area contributed by atoms with E-state index < -0.39 is 0 Å². The standard InChI is InChI=1S/C13H19NO/c1-9-6-7-13(12(8-9)10(2)14)15-11-4-3-5-11/h6-8,10-11H,3-5,14H2,1-2H3. The minimum Gasteiger partial charge on any atom is -0.490 e. The van der Waals surface area contributed by atoms with Crippen molar-refractivity contribution in [1.29, 1.82) is 0 Å². The molecule has 1 fully saturated rings. The fourth-order valence-electron chi connectivity index (χ4n) is 1.80. The van der Waals surface area contributed by atoms with Gasteiger partial charge in [-0.3, -0.25) is 0 Å². The van der Waals surface area contributed by atoms with Gasteiger partial charge in [0.25, 0.3) is 0 Å². The molecule has 0 aromatic heterocycles. The van der Waals surface area contributed by atoms with Crippen LogP contribution in [0, 0.1) is 6.92 Å². The summed E-state index contributed by atoms with van der Waals surface area (Å²) in [6.45, 7) is 4.08. The van der Waals surface area contributed by atoms with Crippen molar-refractivity contribution in [2.24, 2.45) is 5.73 Å². The third-order valence-corrected chi connectivity index (χ3v) is 3.00. The van der Waals surface area contributed by atoms with Gasteiger partial charge in [-0.05, 0) is 39.2 Å². The van der Waals surface area contributed by atoms with Crippen LogP contribution in [0.5, 0.6) is 5.75 Å². The van der Waals surface area contributed by atoms with Crippen LogP contribution in [0.3, 0.4) is 0 Å². The van der Waals surface area contributed by atoms with Crippen LogP contribution < -0.4 is 10.5 Å². The van der Waals surface area contributed by atoms with Gasteiger partial charge in [0.2, 0.25) is 0 Å². The van der Waals surface area contributed by atoms with Crippen LogP contribution in [0.25, 0.3) is 0 Å². The van der Waals surface area contributed by atoms with Crippen molar-refractivity contribution in [3.63, 3.8) is 0 Å². The van der Waals surface area contributed by atoms with Gasteiger partial charge in [0.1, 0.15) is 5.75 Å². The predicted molar refractivity (Wildman–Crippen MR) is 62.0 cm³/mol. The maximum absolute atomic E-state index is 5.94. The van der Waals surface area contributed by atoms with E-state index in [-0.39, 0.29) is 6.04 Å². The Morgan fingerprint density at radius 2 is 2.13 bits per heavy atom. The first-order valence-corrected chi connectivity index (χ1v) is 5.69. The summed E-state index contributed by atoms with van der Waals surface area (Å²) in [4.78, 5) is 0. The molecule has 0 saturated heterocycles. The number of hydrogen-bond acceptors (Lipinski definition) is 2. The molecule has 1 aromatic rings. The molecule has 0 bridgehead atoms. The predicted octanol–water partition coefficient (Wildman–Crippen LogP) is 2.95. The van der Waals surface area contributed by atoms with Crippen LogP contribution in [0.2, 0.25) is 0 Å². The lowest BCUT2D eigenvalue weighted by atomic mass is 9.96. The Bertz CT molecular complexity index is 342. The smallest absolute Gasteiger partial charge is 0.124 e. The molecule has 1 atom stereocenters. The van der Waals surface area contributed by atoms with Gasteiger partial charge in [-0.15, -0.1) is 0 Å². The van der Waals surface area contributed by atoms with E-state index in [0.29, 0.717) is 6.10 Å². The average molecular weight is 205 g/mol. The van der Waals surface area contributed by atoms with Gasteiger partial charge < -0.3 is 10.5 Å². The van der Waals surface area contributed by atoms with Gasteiger partial charge in [-0.2, -0.15) is 0 Å². The number of nitrogens with two attached hydrogens (primary N) is 1. The molecule has 15 heavy (non-hydrogen) atoms. The van der Waals surface area contributed by atoms with E-state index in [9.17, 15) is 0 Å². The summed E-state index contributed by atoms with van der Waals surface area (Å²) in [6.07, 6.45) is 4.09. The maximum atomic E-state index is 5.94. The Balaban J connectivity index is 2.20. The van der Waals surface area contributed by atoms with Crippen molar-refractivity contribution in [3.8, 4) is 5.75 Å². The lowest BCUT2D eigenvalue weighted by Crippen LogP contribution is -2.25. The van der Waals surface area contributed by atoms with Crippen molar-refractivity contribution in [2.75, 3.05) is 0 Å². The molecule has 0 heterocycles. The molecule has 2 rings (SSSR count). The van der Waals surface area contributed by atoms with Crippen molar-refractivity contribution in [1.82, 2.24) is 0 Å². The summed E-state index contributed by atoms with van der Waals surface area (Å²) in [5.74, 6) is 0.973. The average Bonchev–Trinajstić information content (AvgIpc) is 2.12. The van der Waals surface area contributed by atoms with Crippen molar-refractivity contribution >= 4 is 0 Å². The van der Waals surface area contributed by atoms with E-state index >= 15 is 0 Å². The Hall–Kier alpha value is -1.02. The van der Waals surface area contributed by atoms with Gasteiger partial charge in [0.05, 0.1) is 6.10 Å². The molecule has 0 radical (unpaired) electrons. The summed E-state index contributed by atoms with van der Waals surface area (Å²) in [5.41, 5.74) is 8.30. The summed E-state index contributed by atoms with van der Waals surface area (Å²) in [7, 11) is 0. The topological polar surface area (TPSA) is 35.2 Å². The van der Waals surface area contributed by atoms with E-state index in [4.69, 9.17) is 10.5 Å². The second-order valence-corrected chi connectivity index (χ2v) is 4.50. The van der Waals surface area contributed by atoms with Crippen molar-refractivity contribution in [2.45, 2.75) is 45.3 Å². The molecule has 1 aromatic carbocycles. The highest BCUT2D eigenvalue weighted by Gasteiger charge is 2.20. The Labute approximate surface area is 91.4 Å². The van der Waals surface area contributed by atoms with Crippen molar-refractivity contribution < 1.29 is 4.74 Å². The third-order valence-electron chi connectivity index (χ3n) is 3.00. The molecule has 0 aliphatic heterocycles. The Morgan fingerprint density at radius 3 is 2.67 bits per heavy atom. The van der Waals surface area contributed by atoms with Crippen LogP contribution in [0.1, 0.15) is 43.4 Å². The molecule has 2 heteroatoms. The molecule has 1 saturated carbocycles. The normalized spacial score (nSPS) is 18.3. The van der Waals surface area contributed by atoms with Crippen LogP contribution in [-0.4, -0.2) is 6.10 Å². The molecule has 0 spiro atoms. The molecule has 1 aliphatic rings. The number of ether oxygens (including phenoxy) is 1. The molecule has 1 unspecified atom stereocenters. The van der Waals surface area contributed by atoms with Gasteiger partial charge in [0.15, 0.2) is 0 Å². The quantitative estimate of drug-likeness (QED) is 0.823. The van der Waals surface area contributed by atoms with E-state index in [1.807, 2.05) is 13.0 Å². The molecule has 1 aliphatic carbocycles. The second-order valence-electron chi connectivity index (χ2n) is 4.50. The number of benzene rings is 1. The third kappa shape index (κ3) is 2.32. The van der Waals surface area contributed by atoms with E-state index in [1.165, 1.54) is 24.8 Å². The first kappa shape index (κ1) is 10.5. The van der Waals surface area contributed by atoms with Gasteiger partial charge in [-0.1, -0.05) is 17.7 Å². The first-order chi connectivity index (χ1) is 7.16. The highest BCUT2D eigenvalue weighted by atomic mass is 16.5. The SMILES string of the molecule is Cc1ccc(OC2CCC2)c(C(C)N)c1. The zero-order valence-electron chi connectivity index (χ0n) is 9.49. The van der Waals surface area contributed by atoms with Crippen LogP contribution in [0.4, 0.5) is 0 Å². The molecule has 2 N–H and O–H groups in total. The highest BCUT2D eigenvalue weighted by Crippen LogP contribution is 2.30. The molecule has 82 valence electrons. The maximum Gasteiger partial charge on any atom is 0.124 e. The van der Waals surface area contributed by atoms with E-state index in [2.05, 4.69) is 19.1 Å². The Morgan fingerprint density at radius 1 is 1.40 bits per heavy atom. The fraction of sp³-hybridized carbons (Fsp3) is 0.538. The number of rotatable bonds is 3. The molecule has 0 amide bonds. The van der Waals surface area contributed by atoms with Gasteiger partial charge in [-0.25, -0.2) is 0 Å². The first-order valence-electron chi connectivity index (χ1n) is 5.69. The van der Waals surface area contributed by atoms with Gasteiger partial charge in [0, 0.05) is 11.6 Å². The molecular weight excluding hydrogens is 186 g/mol. The number of hydrogen-bond donors (Lipinski definition) is 1. The second kappa shape index (κ2) is 4.23. The Kier molecular flexibility index (Phi) is 2.96. The largest absolute Gasteiger partial charge is 0.490 e. The zero-order chi connectivity index (χ0) is 10.8. The van der Waals surface area contributed by atoms with Crippen LogP contribution in [-0.2, 0) is 0 Å². The van der Waals surface area contributed by atoms with E-state index in [0.717, 1.165) is 11.3 Å². The van der Waals surface area contributed by atoms with Crippen molar-refractivity contribution in [3.05, 3.63) is 29.3 Å². The van der Waals surface area contributed by atoms with Crippen LogP contribution in [0.15, 0.2) is 18.2 Å². The minimum absolute atomic E-state index is 0.0416. The van der Waals surface area contributed by atoms with Gasteiger partial charge >= 0.3 is 0 Å². The summed E-state index contributed by atoms with van der Waals surface area (Å²) < 4.78 is 5.92. The zero-order valence-corrected chi connectivity index (χ0v) is 9.49. The molecular formula is C13H19NO. The lowest BCUT2D eigenvalue weighted by Gasteiger charge is -2.28. The van der Waals surface area contributed by atoms with Crippen LogP contribution >= 0.6 is 0 Å². The molecule has 2 nitrogen and oxygen atoms in total. The minimum atomic E-state index is 0.0416. The summed E-state index contributed by atoms with van der Waals surface area (Å²) >= 11 is 0. The lowest BCUT2D eigenvalue weighted by molar-refractivity contribution is 0.118. The summed E-state index contributed by atoms with van der Waals surface area (Å²) in [6, 6.07) is 6.30.